The second-order valence-electron chi connectivity index (χ2n) is 7.41. The quantitative estimate of drug-likeness (QED) is 0.470. The van der Waals surface area contributed by atoms with Gasteiger partial charge in [-0.2, -0.15) is 0 Å². The highest BCUT2D eigenvalue weighted by Gasteiger charge is 2.32. The van der Waals surface area contributed by atoms with E-state index in [1.54, 1.807) is 43.5 Å². The number of aromatic nitrogens is 1. The molecule has 0 atom stereocenters. The maximum atomic E-state index is 12.5. The number of nitrogens with one attached hydrogen (secondary N) is 1. The lowest BCUT2D eigenvalue weighted by Gasteiger charge is -2.24. The van der Waals surface area contributed by atoms with Gasteiger partial charge in [0, 0.05) is 16.1 Å². The Labute approximate surface area is 190 Å². The molecule has 3 rings (SSSR count). The fourth-order valence-electron chi connectivity index (χ4n) is 2.69. The number of benzene rings is 2. The predicted molar refractivity (Wildman–Crippen MR) is 122 cm³/mol. The third kappa shape index (κ3) is 6.54. The van der Waals surface area contributed by atoms with Crippen molar-refractivity contribution in [2.45, 2.75) is 39.4 Å². The van der Waals surface area contributed by atoms with Gasteiger partial charge in [0.15, 0.2) is 5.60 Å². The van der Waals surface area contributed by atoms with E-state index in [2.05, 4.69) is 10.3 Å². The van der Waals surface area contributed by atoms with Crippen molar-refractivity contribution in [1.29, 1.82) is 0 Å². The molecule has 1 aromatic heterocycles. The summed E-state index contributed by atoms with van der Waals surface area (Å²) in [6.07, 6.45) is 0.151. The number of hydrogen-bond acceptors (Lipinski definition) is 6. The molecule has 0 aliphatic heterocycles. The minimum atomic E-state index is -1.18. The summed E-state index contributed by atoms with van der Waals surface area (Å²) in [5, 5.41) is 5.89. The average Bonchev–Trinajstić information content (AvgIpc) is 3.16. The maximum Gasteiger partial charge on any atom is 0.350 e. The molecule has 0 saturated heterocycles. The summed E-state index contributed by atoms with van der Waals surface area (Å²) in [6.45, 7) is 5.20. The van der Waals surface area contributed by atoms with Crippen molar-refractivity contribution in [3.8, 4) is 5.75 Å². The van der Waals surface area contributed by atoms with Gasteiger partial charge < -0.3 is 14.8 Å². The molecule has 0 bridgehead atoms. The second-order valence-corrected chi connectivity index (χ2v) is 8.79. The number of rotatable bonds is 8. The van der Waals surface area contributed by atoms with Crippen LogP contribution in [-0.4, -0.2) is 22.5 Å². The second kappa shape index (κ2) is 9.94. The number of hydrogen-bond donors (Lipinski definition) is 1. The molecule has 0 fully saturated rings. The SMILES string of the molecule is Cc1ccccc1NC(=O)Cc1nc(COC(=O)C(C)(C)Oc2ccc(Cl)cc2)cs1. The first-order chi connectivity index (χ1) is 14.7. The Bertz CT molecular complexity index is 1060. The van der Waals surface area contributed by atoms with Crippen LogP contribution in [0.2, 0.25) is 5.02 Å². The summed E-state index contributed by atoms with van der Waals surface area (Å²) in [7, 11) is 0. The van der Waals surface area contributed by atoms with Crippen molar-refractivity contribution >= 4 is 40.5 Å². The fourth-order valence-corrected chi connectivity index (χ4v) is 3.60. The number of amides is 1. The Morgan fingerprint density at radius 2 is 1.84 bits per heavy atom. The van der Waals surface area contributed by atoms with Crippen molar-refractivity contribution in [2.75, 3.05) is 5.32 Å². The maximum absolute atomic E-state index is 12.5. The molecule has 162 valence electrons. The number of anilines is 1. The lowest BCUT2D eigenvalue weighted by Crippen LogP contribution is -2.39. The molecular formula is C23H23ClN2O4S. The summed E-state index contributed by atoms with van der Waals surface area (Å²) in [5.41, 5.74) is 1.17. The number of carbonyl (C=O) groups excluding carboxylic acids is 2. The Kier molecular flexibility index (Phi) is 7.30. The van der Waals surface area contributed by atoms with Crippen molar-refractivity contribution in [3.63, 3.8) is 0 Å². The summed E-state index contributed by atoms with van der Waals surface area (Å²) < 4.78 is 11.1. The first kappa shape index (κ1) is 22.8. The van der Waals surface area contributed by atoms with Gasteiger partial charge in [-0.25, -0.2) is 9.78 Å². The number of nitrogens with zero attached hydrogens (tertiary/aromatic N) is 1. The molecule has 1 N–H and O–H groups in total. The van der Waals surface area contributed by atoms with Gasteiger partial charge in [-0.3, -0.25) is 4.79 Å². The van der Waals surface area contributed by atoms with Gasteiger partial charge in [0.25, 0.3) is 0 Å². The number of halogens is 1. The molecule has 8 heteroatoms. The zero-order valence-corrected chi connectivity index (χ0v) is 19.0. The minimum Gasteiger partial charge on any atom is -0.476 e. The van der Waals surface area contributed by atoms with E-state index in [1.165, 1.54) is 11.3 Å². The van der Waals surface area contributed by atoms with Gasteiger partial charge in [0.1, 0.15) is 17.4 Å². The number of ether oxygens (including phenoxy) is 2. The average molecular weight is 459 g/mol. The van der Waals surface area contributed by atoms with E-state index in [1.807, 2.05) is 31.2 Å². The normalized spacial score (nSPS) is 11.1. The van der Waals surface area contributed by atoms with Crippen LogP contribution in [0.5, 0.6) is 5.75 Å². The van der Waals surface area contributed by atoms with Gasteiger partial charge in [0.2, 0.25) is 5.91 Å². The predicted octanol–water partition coefficient (Wildman–Crippen LogP) is 5.19. The molecule has 0 aliphatic carbocycles. The van der Waals surface area contributed by atoms with E-state index in [4.69, 9.17) is 21.1 Å². The number of carbonyl (C=O) groups is 2. The van der Waals surface area contributed by atoms with Gasteiger partial charge >= 0.3 is 5.97 Å². The molecular weight excluding hydrogens is 436 g/mol. The molecule has 0 unspecified atom stereocenters. The standard InChI is InChI=1S/C23H23ClN2O4S/c1-15-6-4-5-7-19(15)26-20(27)12-21-25-17(14-31-21)13-29-22(28)23(2,3)30-18-10-8-16(24)9-11-18/h4-11,14H,12-13H2,1-3H3,(H,26,27). The fraction of sp³-hybridized carbons (Fsp3) is 0.261. The molecule has 1 amide bonds. The molecule has 0 spiro atoms. The molecule has 0 saturated carbocycles. The molecule has 31 heavy (non-hydrogen) atoms. The third-order valence-electron chi connectivity index (χ3n) is 4.36. The number of esters is 1. The van der Waals surface area contributed by atoms with Gasteiger partial charge in [-0.15, -0.1) is 11.3 Å². The van der Waals surface area contributed by atoms with Crippen LogP contribution in [0.15, 0.2) is 53.9 Å². The van der Waals surface area contributed by atoms with Gasteiger partial charge in [-0.05, 0) is 56.7 Å². The van der Waals surface area contributed by atoms with Crippen LogP contribution < -0.4 is 10.1 Å². The topological polar surface area (TPSA) is 77.5 Å². The summed E-state index contributed by atoms with van der Waals surface area (Å²) in [5.74, 6) is -0.152. The Hall–Kier alpha value is -2.90. The lowest BCUT2D eigenvalue weighted by molar-refractivity contribution is -0.160. The van der Waals surface area contributed by atoms with E-state index in [0.29, 0.717) is 21.5 Å². The lowest BCUT2D eigenvalue weighted by atomic mass is 10.1. The highest BCUT2D eigenvalue weighted by molar-refractivity contribution is 7.09. The number of para-hydroxylation sites is 1. The number of aryl methyl sites for hydroxylation is 1. The van der Waals surface area contributed by atoms with Crippen LogP contribution in [0.25, 0.3) is 0 Å². The molecule has 0 radical (unpaired) electrons. The largest absolute Gasteiger partial charge is 0.476 e. The van der Waals surface area contributed by atoms with E-state index >= 15 is 0 Å². The van der Waals surface area contributed by atoms with Crippen molar-refractivity contribution < 1.29 is 19.1 Å². The zero-order valence-electron chi connectivity index (χ0n) is 17.5. The molecule has 0 aliphatic rings. The van der Waals surface area contributed by atoms with Gasteiger partial charge in [-0.1, -0.05) is 29.8 Å². The summed E-state index contributed by atoms with van der Waals surface area (Å²) >= 11 is 7.21. The molecule has 2 aromatic carbocycles. The van der Waals surface area contributed by atoms with E-state index in [0.717, 1.165) is 11.3 Å². The van der Waals surface area contributed by atoms with E-state index in [-0.39, 0.29) is 18.9 Å². The van der Waals surface area contributed by atoms with Crippen molar-refractivity contribution in [1.82, 2.24) is 4.98 Å². The number of thiazole rings is 1. The molecule has 1 heterocycles. The Balaban J connectivity index is 1.51. The Morgan fingerprint density at radius 3 is 2.55 bits per heavy atom. The minimum absolute atomic E-state index is 0.00214. The van der Waals surface area contributed by atoms with Crippen LogP contribution >= 0.6 is 22.9 Å². The van der Waals surface area contributed by atoms with E-state index in [9.17, 15) is 9.59 Å². The molecule has 6 nitrogen and oxygen atoms in total. The third-order valence-corrected chi connectivity index (χ3v) is 5.51. The van der Waals surface area contributed by atoms with Crippen LogP contribution in [0.3, 0.4) is 0 Å². The van der Waals surface area contributed by atoms with Crippen molar-refractivity contribution in [3.05, 3.63) is 75.2 Å². The van der Waals surface area contributed by atoms with Gasteiger partial charge in [0.05, 0.1) is 12.1 Å². The zero-order chi connectivity index (χ0) is 22.4. The monoisotopic (exact) mass is 458 g/mol. The highest BCUT2D eigenvalue weighted by Crippen LogP contribution is 2.22. The highest BCUT2D eigenvalue weighted by atomic mass is 35.5. The summed E-state index contributed by atoms with van der Waals surface area (Å²) in [4.78, 5) is 29.1. The smallest absolute Gasteiger partial charge is 0.350 e. The Morgan fingerprint density at radius 1 is 1.13 bits per heavy atom. The van der Waals surface area contributed by atoms with Crippen LogP contribution in [0, 0.1) is 6.92 Å². The van der Waals surface area contributed by atoms with E-state index < -0.39 is 11.6 Å². The molecule has 3 aromatic rings. The van der Waals surface area contributed by atoms with Crippen LogP contribution in [0.1, 0.15) is 30.1 Å². The van der Waals surface area contributed by atoms with Crippen molar-refractivity contribution in [2.24, 2.45) is 0 Å². The van der Waals surface area contributed by atoms with Crippen LogP contribution in [0.4, 0.5) is 5.69 Å². The summed E-state index contributed by atoms with van der Waals surface area (Å²) in [6, 6.07) is 14.3. The first-order valence-electron chi connectivity index (χ1n) is 9.63. The van der Waals surface area contributed by atoms with Crippen LogP contribution in [-0.2, 0) is 27.4 Å². The first-order valence-corrected chi connectivity index (χ1v) is 10.9.